The smallest absolute Gasteiger partial charge is 0.325 e. The largest absolute Gasteiger partial charge is 0.493 e. The monoisotopic (exact) mass is 436 g/mol. The Morgan fingerprint density at radius 3 is 2.56 bits per heavy atom. The number of benzene rings is 2. The first-order valence-corrected chi connectivity index (χ1v) is 10.7. The van der Waals surface area contributed by atoms with Crippen LogP contribution in [0.4, 0.5) is 16.2 Å². The molecule has 0 radical (unpaired) electrons. The van der Waals surface area contributed by atoms with Crippen LogP contribution >= 0.6 is 0 Å². The fourth-order valence-electron chi connectivity index (χ4n) is 4.44. The van der Waals surface area contributed by atoms with Gasteiger partial charge in [-0.15, -0.1) is 0 Å². The Morgan fingerprint density at radius 2 is 1.78 bits per heavy atom. The van der Waals surface area contributed by atoms with Gasteiger partial charge in [0.2, 0.25) is 5.91 Å². The Balaban J connectivity index is 1.26. The molecule has 0 aromatic heterocycles. The van der Waals surface area contributed by atoms with Crippen LogP contribution in [0, 0.1) is 0 Å². The number of carbonyl (C=O) groups excluding carboxylic acids is 3. The van der Waals surface area contributed by atoms with E-state index in [1.807, 2.05) is 30.3 Å². The van der Waals surface area contributed by atoms with E-state index in [1.54, 1.807) is 18.2 Å². The zero-order chi connectivity index (χ0) is 22.1. The van der Waals surface area contributed by atoms with Crippen molar-refractivity contribution in [2.45, 2.75) is 12.0 Å². The maximum atomic E-state index is 13.3. The molecule has 0 unspecified atom stereocenters. The van der Waals surface area contributed by atoms with Gasteiger partial charge in [-0.05, 0) is 30.3 Å². The fraction of sp³-hybridized carbons (Fsp3) is 0.348. The minimum atomic E-state index is -1.19. The van der Waals surface area contributed by atoms with Gasteiger partial charge in [0, 0.05) is 36.4 Å². The molecule has 5 rings (SSSR count). The molecule has 2 aromatic rings. The summed E-state index contributed by atoms with van der Waals surface area (Å²) in [5.74, 6) is -0.305. The first kappa shape index (κ1) is 20.3. The van der Waals surface area contributed by atoms with Crippen LogP contribution < -0.4 is 20.3 Å². The third-order valence-electron chi connectivity index (χ3n) is 6.09. The van der Waals surface area contributed by atoms with Crippen molar-refractivity contribution >= 4 is 29.2 Å². The number of urea groups is 1. The fourth-order valence-corrected chi connectivity index (χ4v) is 4.44. The van der Waals surface area contributed by atoms with Crippen LogP contribution in [0.5, 0.6) is 5.75 Å². The van der Waals surface area contributed by atoms with Gasteiger partial charge < -0.3 is 25.0 Å². The van der Waals surface area contributed by atoms with Crippen molar-refractivity contribution in [2.24, 2.45) is 0 Å². The van der Waals surface area contributed by atoms with Gasteiger partial charge in [0.25, 0.3) is 5.91 Å². The standard InChI is InChI=1S/C23H24N4O5/c28-20(24-16-5-7-17(8-6-16)26-10-13-31-14-11-26)15-27-21(29)23(25-22(27)30)9-12-32-19-4-2-1-3-18(19)23/h1-8H,9-15H2,(H,24,28)(H,25,30)/t23-/m0/s1. The molecule has 0 bridgehead atoms. The van der Waals surface area contributed by atoms with Gasteiger partial charge in [-0.25, -0.2) is 4.79 Å². The second-order valence-electron chi connectivity index (χ2n) is 8.02. The summed E-state index contributed by atoms with van der Waals surface area (Å²) in [6, 6.07) is 14.1. The van der Waals surface area contributed by atoms with E-state index in [-0.39, 0.29) is 6.54 Å². The lowest BCUT2D eigenvalue weighted by molar-refractivity contribution is -0.135. The molecule has 4 amide bonds. The average molecular weight is 436 g/mol. The van der Waals surface area contributed by atoms with Crippen molar-refractivity contribution in [1.29, 1.82) is 0 Å². The van der Waals surface area contributed by atoms with Gasteiger partial charge >= 0.3 is 6.03 Å². The predicted octanol–water partition coefficient (Wildman–Crippen LogP) is 1.69. The second kappa shape index (κ2) is 8.16. The second-order valence-corrected chi connectivity index (χ2v) is 8.02. The maximum absolute atomic E-state index is 13.3. The summed E-state index contributed by atoms with van der Waals surface area (Å²) in [6.45, 7) is 2.99. The zero-order valence-corrected chi connectivity index (χ0v) is 17.5. The normalized spacial score (nSPS) is 22.4. The molecule has 9 nitrogen and oxygen atoms in total. The van der Waals surface area contributed by atoms with Crippen molar-refractivity contribution < 1.29 is 23.9 Å². The number of amides is 4. The topological polar surface area (TPSA) is 100 Å². The Bertz CT molecular complexity index is 1050. The summed E-state index contributed by atoms with van der Waals surface area (Å²) in [6.07, 6.45) is 0.315. The van der Waals surface area contributed by atoms with E-state index in [9.17, 15) is 14.4 Å². The summed E-state index contributed by atoms with van der Waals surface area (Å²) < 4.78 is 11.0. The highest BCUT2D eigenvalue weighted by molar-refractivity contribution is 6.10. The van der Waals surface area contributed by atoms with E-state index in [0.29, 0.717) is 43.2 Å². The molecule has 0 aliphatic carbocycles. The molecule has 2 aromatic carbocycles. The van der Waals surface area contributed by atoms with Crippen LogP contribution in [-0.4, -0.2) is 62.2 Å². The highest BCUT2D eigenvalue weighted by Crippen LogP contribution is 2.40. The van der Waals surface area contributed by atoms with Gasteiger partial charge in [-0.3, -0.25) is 14.5 Å². The Hall–Kier alpha value is -3.59. The third kappa shape index (κ3) is 3.54. The van der Waals surface area contributed by atoms with Gasteiger partial charge in [-0.2, -0.15) is 0 Å². The highest BCUT2D eigenvalue weighted by Gasteiger charge is 2.55. The number of ether oxygens (including phenoxy) is 2. The SMILES string of the molecule is O=C(CN1C(=O)N[C@]2(CCOc3ccccc32)C1=O)Nc1ccc(N2CCOCC2)cc1. The van der Waals surface area contributed by atoms with Crippen LogP contribution in [0.15, 0.2) is 48.5 Å². The van der Waals surface area contributed by atoms with Crippen molar-refractivity contribution in [1.82, 2.24) is 10.2 Å². The van der Waals surface area contributed by atoms with Crippen LogP contribution in [0.1, 0.15) is 12.0 Å². The van der Waals surface area contributed by atoms with Crippen molar-refractivity contribution in [2.75, 3.05) is 49.7 Å². The number of morpholine rings is 1. The first-order chi connectivity index (χ1) is 15.6. The predicted molar refractivity (Wildman–Crippen MR) is 117 cm³/mol. The van der Waals surface area contributed by atoms with Crippen LogP contribution in [-0.2, 0) is 19.9 Å². The molecule has 3 aliphatic heterocycles. The summed E-state index contributed by atoms with van der Waals surface area (Å²) in [5, 5.41) is 5.57. The molecule has 1 spiro atoms. The van der Waals surface area contributed by atoms with Gasteiger partial charge in [-0.1, -0.05) is 18.2 Å². The molecule has 2 N–H and O–H groups in total. The molecular weight excluding hydrogens is 412 g/mol. The maximum Gasteiger partial charge on any atom is 0.325 e. The first-order valence-electron chi connectivity index (χ1n) is 10.7. The van der Waals surface area contributed by atoms with Gasteiger partial charge in [0.05, 0.1) is 19.8 Å². The van der Waals surface area contributed by atoms with E-state index in [1.165, 1.54) is 0 Å². The number of carbonyl (C=O) groups is 3. The molecular formula is C23H24N4O5. The number of fused-ring (bicyclic) bond motifs is 2. The Morgan fingerprint density at radius 1 is 1.03 bits per heavy atom. The molecule has 32 heavy (non-hydrogen) atoms. The lowest BCUT2D eigenvalue weighted by Crippen LogP contribution is -2.48. The molecule has 1 atom stereocenters. The van der Waals surface area contributed by atoms with Gasteiger partial charge in [0.1, 0.15) is 12.3 Å². The summed E-state index contributed by atoms with van der Waals surface area (Å²) in [7, 11) is 0. The van der Waals surface area contributed by atoms with E-state index in [0.717, 1.165) is 23.7 Å². The van der Waals surface area contributed by atoms with E-state index in [4.69, 9.17) is 9.47 Å². The molecule has 166 valence electrons. The molecule has 2 fully saturated rings. The number of nitrogens with zero attached hydrogens (tertiary/aromatic N) is 2. The summed E-state index contributed by atoms with van der Waals surface area (Å²) in [4.78, 5) is 41.7. The number of hydrogen-bond acceptors (Lipinski definition) is 6. The van der Waals surface area contributed by atoms with E-state index < -0.39 is 23.4 Å². The lowest BCUT2D eigenvalue weighted by atomic mass is 9.84. The van der Waals surface area contributed by atoms with Crippen molar-refractivity contribution in [3.8, 4) is 5.75 Å². The number of anilines is 2. The van der Waals surface area contributed by atoms with Gasteiger partial charge in [0.15, 0.2) is 5.54 Å². The highest BCUT2D eigenvalue weighted by atomic mass is 16.5. The van der Waals surface area contributed by atoms with Crippen LogP contribution in [0.25, 0.3) is 0 Å². The third-order valence-corrected chi connectivity index (χ3v) is 6.09. The summed E-state index contributed by atoms with van der Waals surface area (Å²) in [5.41, 5.74) is 1.09. The number of rotatable bonds is 4. The van der Waals surface area contributed by atoms with Crippen molar-refractivity contribution in [3.05, 3.63) is 54.1 Å². The Labute approximate surface area is 185 Å². The molecule has 2 saturated heterocycles. The molecule has 9 heteroatoms. The number of imide groups is 1. The van der Waals surface area contributed by atoms with Crippen LogP contribution in [0.2, 0.25) is 0 Å². The van der Waals surface area contributed by atoms with Crippen molar-refractivity contribution in [3.63, 3.8) is 0 Å². The minimum absolute atomic E-state index is 0.304. The van der Waals surface area contributed by atoms with E-state index >= 15 is 0 Å². The average Bonchev–Trinajstić information content (AvgIpc) is 3.05. The quantitative estimate of drug-likeness (QED) is 0.708. The molecule has 0 saturated carbocycles. The van der Waals surface area contributed by atoms with E-state index in [2.05, 4.69) is 15.5 Å². The molecule has 3 aliphatic rings. The number of hydrogen-bond donors (Lipinski definition) is 2. The minimum Gasteiger partial charge on any atom is -0.493 e. The Kier molecular flexibility index (Phi) is 5.18. The number of nitrogens with one attached hydrogen (secondary N) is 2. The number of para-hydroxylation sites is 1. The zero-order valence-electron chi connectivity index (χ0n) is 17.5. The lowest BCUT2D eigenvalue weighted by Gasteiger charge is -2.33. The van der Waals surface area contributed by atoms with Crippen LogP contribution in [0.3, 0.4) is 0 Å². The molecule has 3 heterocycles. The summed E-state index contributed by atoms with van der Waals surface area (Å²) >= 11 is 0.